The molecule has 0 spiro atoms. The van der Waals surface area contributed by atoms with Gasteiger partial charge in [-0.1, -0.05) is 103 Å². The second-order valence-corrected chi connectivity index (χ2v) is 16.3. The minimum absolute atomic E-state index is 0.176. The summed E-state index contributed by atoms with van der Waals surface area (Å²) in [6.07, 6.45) is -7.36. The van der Waals surface area contributed by atoms with Crippen LogP contribution >= 0.6 is 20.7 Å². The Morgan fingerprint density at radius 3 is 1.52 bits per heavy atom. The molecule has 1 aliphatic rings. The first-order valence-corrected chi connectivity index (χ1v) is 22.0. The number of ether oxygens (including phenoxy) is 5. The van der Waals surface area contributed by atoms with Gasteiger partial charge in [0.1, 0.15) is 12.7 Å². The third kappa shape index (κ3) is 10.4. The Hall–Kier alpha value is -7.26. The molecule has 7 aromatic rings. The summed E-state index contributed by atoms with van der Waals surface area (Å²) in [6, 6.07) is 50.3. The highest BCUT2D eigenvalue weighted by molar-refractivity contribution is 7.67. The van der Waals surface area contributed by atoms with Crippen LogP contribution < -0.4 is 9.60 Å². The zero-order chi connectivity index (χ0) is 43.5. The molecular formula is C49H39N3O9S2. The molecule has 0 bridgehead atoms. The molecule has 63 heavy (non-hydrogen) atoms. The number of nitrogens with zero attached hydrogens (tertiary/aromatic N) is 3. The zero-order valence-electron chi connectivity index (χ0n) is 33.7. The van der Waals surface area contributed by atoms with E-state index in [0.717, 1.165) is 11.3 Å². The van der Waals surface area contributed by atoms with Crippen molar-refractivity contribution in [1.82, 2.24) is 4.57 Å². The summed E-state index contributed by atoms with van der Waals surface area (Å²) in [5.41, 5.74) is 3.25. The van der Waals surface area contributed by atoms with Gasteiger partial charge in [0, 0.05) is 0 Å². The van der Waals surface area contributed by atoms with E-state index < -0.39 is 61.1 Å². The van der Waals surface area contributed by atoms with Gasteiger partial charge in [-0.25, -0.2) is 29.2 Å². The monoisotopic (exact) mass is 877 g/mol. The highest BCUT2D eigenvalue weighted by atomic mass is 32.9. The van der Waals surface area contributed by atoms with Crippen molar-refractivity contribution in [1.29, 1.82) is 0 Å². The maximum Gasteiger partial charge on any atom is 0.338 e. The number of carbonyl (C=O) groups is 4. The van der Waals surface area contributed by atoms with E-state index in [2.05, 4.69) is 0 Å². The van der Waals surface area contributed by atoms with E-state index in [9.17, 15) is 19.2 Å². The molecule has 5 atom stereocenters. The highest BCUT2D eigenvalue weighted by Crippen LogP contribution is 2.32. The van der Waals surface area contributed by atoms with Crippen LogP contribution in [0.2, 0.25) is 0 Å². The van der Waals surface area contributed by atoms with E-state index in [1.54, 1.807) is 121 Å². The lowest BCUT2D eigenvalue weighted by Gasteiger charge is -2.43. The van der Waals surface area contributed by atoms with Crippen LogP contribution in [0, 0.1) is 6.92 Å². The number of aryl methyl sites for hydroxylation is 1. The first-order valence-electron chi connectivity index (χ1n) is 19.9. The molecule has 2 heterocycles. The summed E-state index contributed by atoms with van der Waals surface area (Å²) in [5.74, 6) is -3.06. The summed E-state index contributed by atoms with van der Waals surface area (Å²) in [6.45, 7) is 1.49. The van der Waals surface area contributed by atoms with Gasteiger partial charge in [-0.2, -0.15) is 0 Å². The van der Waals surface area contributed by atoms with Crippen molar-refractivity contribution in [3.8, 4) is 5.69 Å². The number of carbonyl (C=O) groups excluding carboxylic acids is 4. The van der Waals surface area contributed by atoms with Crippen molar-refractivity contribution in [3.05, 3.63) is 213 Å². The summed E-state index contributed by atoms with van der Waals surface area (Å²) < 4.78 is 33.1. The summed E-state index contributed by atoms with van der Waals surface area (Å²) in [4.78, 5) is 66.6. The lowest BCUT2D eigenvalue weighted by molar-refractivity contribution is -0.227. The van der Waals surface area contributed by atoms with E-state index in [1.165, 1.54) is 20.7 Å². The quantitative estimate of drug-likeness (QED) is 0.0673. The molecule has 12 nitrogen and oxygen atoms in total. The second kappa shape index (κ2) is 20.1. The number of rotatable bonds is 12. The summed E-state index contributed by atoms with van der Waals surface area (Å²) >= 11 is 0. The molecular weight excluding hydrogens is 839 g/mol. The second-order valence-electron chi connectivity index (χ2n) is 14.2. The van der Waals surface area contributed by atoms with Gasteiger partial charge in [0.2, 0.25) is 9.60 Å². The first kappa shape index (κ1) is 42.4. The van der Waals surface area contributed by atoms with Crippen molar-refractivity contribution >= 4 is 50.2 Å². The number of aromatic nitrogens is 1. The molecule has 0 saturated carbocycles. The fourth-order valence-electron chi connectivity index (χ4n) is 6.74. The third-order valence-corrected chi connectivity index (χ3v) is 11.9. The van der Waals surface area contributed by atoms with Crippen LogP contribution in [0.1, 0.15) is 47.0 Å². The fraction of sp³-hybridized carbons (Fsp3) is 0.143. The SMILES string of the molecule is Cc1cccc(-n2c(=Nc3ccccc3)ss/c2=N/[C@@H]2O[C@H](COC(=O)c3ccccc3)[C@@H](OC(=O)c3ccccc3)[C@H](OC(=O)c3ccccc3)[C@H]2OC(=O)c2ccccc2)c1. The molecule has 0 amide bonds. The van der Waals surface area contributed by atoms with Crippen molar-refractivity contribution < 1.29 is 42.9 Å². The van der Waals surface area contributed by atoms with Gasteiger partial charge in [0.25, 0.3) is 0 Å². The maximum atomic E-state index is 14.1. The van der Waals surface area contributed by atoms with Crippen molar-refractivity contribution in [2.75, 3.05) is 6.61 Å². The lowest BCUT2D eigenvalue weighted by Crippen LogP contribution is -2.62. The molecule has 1 aliphatic heterocycles. The normalized spacial score (nSPS) is 18.8. The summed E-state index contributed by atoms with van der Waals surface area (Å²) in [5, 5.41) is 0. The molecule has 1 aromatic heterocycles. The van der Waals surface area contributed by atoms with Crippen LogP contribution in [0.5, 0.6) is 0 Å². The lowest BCUT2D eigenvalue weighted by atomic mass is 9.97. The predicted octanol–water partition coefficient (Wildman–Crippen LogP) is 8.30. The van der Waals surface area contributed by atoms with Gasteiger partial charge in [-0.15, -0.1) is 0 Å². The molecule has 8 rings (SSSR count). The minimum atomic E-state index is -1.56. The van der Waals surface area contributed by atoms with Gasteiger partial charge in [-0.05, 0) is 106 Å². The standard InChI is InChI=1S/C49H39N3O9S2/c1-32-18-17-29-38(30-32)52-48(50-37-27-15-6-16-28-37)62-63-49(52)51-43-42(61-47(56)36-25-13-5-14-26-36)41(60-46(55)35-23-11-4-12-24-35)40(59-45(54)34-21-9-3-10-22-34)39(58-43)31-57-44(53)33-19-7-2-8-20-33/h2-30,39-43H,31H2,1H3/b50-48?,51-49+/t39-,40-,41+,42-,43-/m1/s1. The third-order valence-electron chi connectivity index (χ3n) is 9.81. The van der Waals surface area contributed by atoms with Gasteiger partial charge >= 0.3 is 23.9 Å². The number of hydrogen-bond acceptors (Lipinski definition) is 13. The number of benzene rings is 6. The number of para-hydroxylation sites is 1. The zero-order valence-corrected chi connectivity index (χ0v) is 35.3. The molecule has 0 unspecified atom stereocenters. The Labute approximate surface area is 369 Å². The molecule has 6 aromatic carbocycles. The van der Waals surface area contributed by atoms with E-state index >= 15 is 0 Å². The first-order chi connectivity index (χ1) is 30.8. The average molecular weight is 878 g/mol. The molecule has 1 fully saturated rings. The van der Waals surface area contributed by atoms with Crippen LogP contribution in [-0.2, 0) is 23.7 Å². The molecule has 1 saturated heterocycles. The van der Waals surface area contributed by atoms with Crippen LogP contribution in [0.15, 0.2) is 186 Å². The van der Waals surface area contributed by atoms with Gasteiger partial charge in [0.15, 0.2) is 24.5 Å². The van der Waals surface area contributed by atoms with Crippen LogP contribution in [0.4, 0.5) is 5.69 Å². The predicted molar refractivity (Wildman–Crippen MR) is 236 cm³/mol. The topological polar surface area (TPSA) is 144 Å². The molecule has 14 heteroatoms. The van der Waals surface area contributed by atoms with Crippen LogP contribution in [-0.4, -0.2) is 65.7 Å². The molecule has 316 valence electrons. The Kier molecular flexibility index (Phi) is 13.5. The number of esters is 4. The van der Waals surface area contributed by atoms with Crippen LogP contribution in [0.3, 0.4) is 0 Å². The van der Waals surface area contributed by atoms with E-state index in [0.29, 0.717) is 15.3 Å². The molecule has 0 radical (unpaired) electrons. The van der Waals surface area contributed by atoms with Gasteiger partial charge in [0.05, 0.1) is 33.6 Å². The average Bonchev–Trinajstić information content (AvgIpc) is 3.72. The number of hydrogen-bond donors (Lipinski definition) is 0. The smallest absolute Gasteiger partial charge is 0.338 e. The van der Waals surface area contributed by atoms with Crippen molar-refractivity contribution in [2.24, 2.45) is 9.98 Å². The Balaban J connectivity index is 1.30. The Morgan fingerprint density at radius 2 is 1.00 bits per heavy atom. The van der Waals surface area contributed by atoms with E-state index in [4.69, 9.17) is 33.7 Å². The van der Waals surface area contributed by atoms with Gasteiger partial charge in [-0.3, -0.25) is 4.57 Å². The Bertz CT molecular complexity index is 2820. The fourth-order valence-corrected chi connectivity index (χ4v) is 8.90. The largest absolute Gasteiger partial charge is 0.459 e. The molecule has 0 N–H and O–H groups in total. The molecule has 0 aliphatic carbocycles. The van der Waals surface area contributed by atoms with Crippen molar-refractivity contribution in [3.63, 3.8) is 0 Å². The van der Waals surface area contributed by atoms with E-state index in [1.807, 2.05) is 66.1 Å². The van der Waals surface area contributed by atoms with E-state index in [-0.39, 0.29) is 22.3 Å². The highest BCUT2D eigenvalue weighted by Gasteiger charge is 2.53. The maximum absolute atomic E-state index is 14.1. The van der Waals surface area contributed by atoms with Crippen LogP contribution in [0.25, 0.3) is 5.69 Å². The summed E-state index contributed by atoms with van der Waals surface area (Å²) in [7, 11) is 2.65. The van der Waals surface area contributed by atoms with Gasteiger partial charge < -0.3 is 23.7 Å². The minimum Gasteiger partial charge on any atom is -0.459 e. The Morgan fingerprint density at radius 1 is 0.540 bits per heavy atom. The van der Waals surface area contributed by atoms with Crippen molar-refractivity contribution in [2.45, 2.75) is 37.6 Å².